The molecule has 0 bridgehead atoms. The minimum Gasteiger partial charge on any atom is -0.475 e. The first-order chi connectivity index (χ1) is 14.3. The van der Waals surface area contributed by atoms with E-state index in [4.69, 9.17) is 14.6 Å². The maximum absolute atomic E-state index is 10.6. The Labute approximate surface area is 172 Å². The van der Waals surface area contributed by atoms with E-state index in [-0.39, 0.29) is 6.04 Å². The van der Waals surface area contributed by atoms with Crippen molar-refractivity contribution in [1.29, 1.82) is 0 Å². The Bertz CT molecular complexity index is 838. The van der Waals surface area contributed by atoms with Gasteiger partial charge in [0.1, 0.15) is 0 Å². The van der Waals surface area contributed by atoms with Crippen molar-refractivity contribution < 1.29 is 27.8 Å². The number of aromatic nitrogens is 3. The molecule has 1 fully saturated rings. The fourth-order valence-corrected chi connectivity index (χ4v) is 3.44. The lowest BCUT2D eigenvalue weighted by molar-refractivity contribution is -0.192. The first-order valence-corrected chi connectivity index (χ1v) is 9.77. The average Bonchev–Trinajstić information content (AvgIpc) is 3.45. The lowest BCUT2D eigenvalue weighted by Crippen LogP contribution is -2.38. The summed E-state index contributed by atoms with van der Waals surface area (Å²) in [6.45, 7) is 3.62. The molecule has 30 heavy (non-hydrogen) atoms. The molecule has 1 N–H and O–H groups in total. The zero-order valence-electron chi connectivity index (χ0n) is 16.7. The number of hydrogen-bond acceptors (Lipinski definition) is 5. The molecular formula is C20H25F3N4O3. The van der Waals surface area contributed by atoms with Gasteiger partial charge in [-0.1, -0.05) is 6.07 Å². The molecule has 4 rings (SSSR count). The third kappa shape index (κ3) is 6.02. The molecule has 7 nitrogen and oxygen atoms in total. The Balaban J connectivity index is 0.000000318. The summed E-state index contributed by atoms with van der Waals surface area (Å²) < 4.78 is 39.8. The lowest BCUT2D eigenvalue weighted by atomic mass is 9.99. The standard InChI is InChI=1S/C18H24N4O.C2HF3O2/c1-21-18-16(10-20-21)6-8-22(11-15-3-2-7-19-9-15)17(18)13-23-12-14-4-5-14;3-2(4,5)1(6)7/h2-3,7,9-10,14,17H,4-6,8,11-13H2,1H3;(H,6,7). The minimum atomic E-state index is -5.08. The summed E-state index contributed by atoms with van der Waals surface area (Å²) in [6.07, 6.45) is 4.45. The molecule has 10 heteroatoms. The second kappa shape index (κ2) is 9.57. The third-order valence-corrected chi connectivity index (χ3v) is 5.17. The van der Waals surface area contributed by atoms with Crippen LogP contribution in [0, 0.1) is 5.92 Å². The zero-order valence-corrected chi connectivity index (χ0v) is 16.7. The van der Waals surface area contributed by atoms with Gasteiger partial charge in [-0.3, -0.25) is 14.6 Å². The number of hydrogen-bond donors (Lipinski definition) is 1. The normalized spacial score (nSPS) is 19.0. The molecule has 0 radical (unpaired) electrons. The van der Waals surface area contributed by atoms with Crippen molar-refractivity contribution in [2.75, 3.05) is 19.8 Å². The first kappa shape index (κ1) is 22.2. The van der Waals surface area contributed by atoms with Crippen LogP contribution in [0.15, 0.2) is 30.7 Å². The summed E-state index contributed by atoms with van der Waals surface area (Å²) in [4.78, 5) is 15.6. The number of fused-ring (bicyclic) bond motifs is 1. The molecule has 164 valence electrons. The number of carboxylic acid groups (broad SMARTS) is 1. The van der Waals surface area contributed by atoms with E-state index in [0.29, 0.717) is 0 Å². The SMILES string of the molecule is Cn1ncc2c1C(COCC1CC1)N(Cc1cccnc1)CC2.O=C(O)C(F)(F)F. The highest BCUT2D eigenvalue weighted by atomic mass is 19.4. The van der Waals surface area contributed by atoms with E-state index in [9.17, 15) is 13.2 Å². The van der Waals surface area contributed by atoms with E-state index in [1.165, 1.54) is 29.7 Å². The Morgan fingerprint density at radius 2 is 2.03 bits per heavy atom. The highest BCUT2D eigenvalue weighted by Crippen LogP contribution is 2.33. The van der Waals surface area contributed by atoms with Crippen molar-refractivity contribution >= 4 is 5.97 Å². The quantitative estimate of drug-likeness (QED) is 0.765. The van der Waals surface area contributed by atoms with Crippen LogP contribution >= 0.6 is 0 Å². The molecule has 1 aliphatic carbocycles. The van der Waals surface area contributed by atoms with Crippen molar-refractivity contribution in [2.45, 2.75) is 38.0 Å². The number of carboxylic acids is 1. The zero-order chi connectivity index (χ0) is 21.7. The average molecular weight is 426 g/mol. The number of aliphatic carboxylic acids is 1. The number of aryl methyl sites for hydroxylation is 1. The smallest absolute Gasteiger partial charge is 0.475 e. The van der Waals surface area contributed by atoms with Gasteiger partial charge in [-0.25, -0.2) is 4.79 Å². The number of ether oxygens (including phenoxy) is 1. The van der Waals surface area contributed by atoms with Gasteiger partial charge in [-0.15, -0.1) is 0 Å². The van der Waals surface area contributed by atoms with Crippen LogP contribution in [0.5, 0.6) is 0 Å². The molecule has 0 spiro atoms. The Kier molecular flexibility index (Phi) is 7.09. The maximum Gasteiger partial charge on any atom is 0.490 e. The highest BCUT2D eigenvalue weighted by molar-refractivity contribution is 5.73. The molecule has 1 atom stereocenters. The van der Waals surface area contributed by atoms with Crippen molar-refractivity contribution in [3.8, 4) is 0 Å². The van der Waals surface area contributed by atoms with Gasteiger partial charge >= 0.3 is 12.1 Å². The summed E-state index contributed by atoms with van der Waals surface area (Å²) in [5, 5.41) is 11.6. The van der Waals surface area contributed by atoms with Crippen LogP contribution in [0.4, 0.5) is 13.2 Å². The minimum absolute atomic E-state index is 0.283. The third-order valence-electron chi connectivity index (χ3n) is 5.17. The van der Waals surface area contributed by atoms with Gasteiger partial charge in [0.25, 0.3) is 0 Å². The number of carbonyl (C=O) groups is 1. The molecule has 0 saturated heterocycles. The summed E-state index contributed by atoms with van der Waals surface area (Å²) in [7, 11) is 2.04. The topological polar surface area (TPSA) is 80.5 Å². The number of rotatable bonds is 6. The molecule has 0 amide bonds. The molecule has 1 aliphatic heterocycles. The Hall–Kier alpha value is -2.46. The number of pyridine rings is 1. The van der Waals surface area contributed by atoms with Crippen molar-refractivity contribution in [3.63, 3.8) is 0 Å². The monoisotopic (exact) mass is 426 g/mol. The van der Waals surface area contributed by atoms with Crippen LogP contribution in [0.1, 0.15) is 35.7 Å². The molecular weight excluding hydrogens is 401 g/mol. The molecule has 2 aromatic heterocycles. The lowest BCUT2D eigenvalue weighted by Gasteiger charge is -2.36. The van der Waals surface area contributed by atoms with Crippen LogP contribution in [0.3, 0.4) is 0 Å². The van der Waals surface area contributed by atoms with Gasteiger partial charge in [-0.05, 0) is 42.4 Å². The van der Waals surface area contributed by atoms with E-state index in [1.54, 1.807) is 0 Å². The summed E-state index contributed by atoms with van der Waals surface area (Å²) in [5.41, 5.74) is 3.94. The summed E-state index contributed by atoms with van der Waals surface area (Å²) >= 11 is 0. The Morgan fingerprint density at radius 3 is 2.63 bits per heavy atom. The molecule has 2 aromatic rings. The van der Waals surface area contributed by atoms with Crippen LogP contribution in [-0.2, 0) is 29.5 Å². The van der Waals surface area contributed by atoms with Gasteiger partial charge in [0, 0.05) is 39.1 Å². The van der Waals surface area contributed by atoms with Gasteiger partial charge < -0.3 is 9.84 Å². The number of nitrogens with zero attached hydrogens (tertiary/aromatic N) is 4. The largest absolute Gasteiger partial charge is 0.490 e. The predicted molar refractivity (Wildman–Crippen MR) is 102 cm³/mol. The van der Waals surface area contributed by atoms with Crippen LogP contribution in [-0.4, -0.2) is 56.7 Å². The van der Waals surface area contributed by atoms with E-state index < -0.39 is 12.1 Å². The second-order valence-electron chi connectivity index (χ2n) is 7.56. The fraction of sp³-hybridized carbons (Fsp3) is 0.550. The molecule has 1 saturated carbocycles. The van der Waals surface area contributed by atoms with E-state index in [0.717, 1.165) is 38.6 Å². The van der Waals surface area contributed by atoms with Crippen LogP contribution in [0.2, 0.25) is 0 Å². The molecule has 0 aromatic carbocycles. The van der Waals surface area contributed by atoms with E-state index in [1.807, 2.05) is 36.4 Å². The van der Waals surface area contributed by atoms with Crippen LogP contribution < -0.4 is 0 Å². The summed E-state index contributed by atoms with van der Waals surface area (Å²) in [5.74, 6) is -1.95. The Morgan fingerprint density at radius 1 is 1.30 bits per heavy atom. The van der Waals surface area contributed by atoms with E-state index in [2.05, 4.69) is 21.0 Å². The maximum atomic E-state index is 10.6. The number of alkyl halides is 3. The second-order valence-corrected chi connectivity index (χ2v) is 7.56. The molecule has 3 heterocycles. The van der Waals surface area contributed by atoms with Gasteiger partial charge in [0.2, 0.25) is 0 Å². The summed E-state index contributed by atoms with van der Waals surface area (Å²) in [6, 6.07) is 4.44. The molecule has 2 aliphatic rings. The van der Waals surface area contributed by atoms with Gasteiger partial charge in [0.05, 0.1) is 24.5 Å². The first-order valence-electron chi connectivity index (χ1n) is 9.77. The fourth-order valence-electron chi connectivity index (χ4n) is 3.44. The highest BCUT2D eigenvalue weighted by Gasteiger charge is 2.38. The molecule has 1 unspecified atom stereocenters. The van der Waals surface area contributed by atoms with Crippen LogP contribution in [0.25, 0.3) is 0 Å². The van der Waals surface area contributed by atoms with Crippen molar-refractivity contribution in [2.24, 2.45) is 13.0 Å². The van der Waals surface area contributed by atoms with E-state index >= 15 is 0 Å². The van der Waals surface area contributed by atoms with Gasteiger partial charge in [-0.2, -0.15) is 18.3 Å². The number of halogens is 3. The predicted octanol–water partition coefficient (Wildman–Crippen LogP) is 2.97. The van der Waals surface area contributed by atoms with Crippen molar-refractivity contribution in [1.82, 2.24) is 19.7 Å². The van der Waals surface area contributed by atoms with Crippen molar-refractivity contribution in [3.05, 3.63) is 47.5 Å². The van der Waals surface area contributed by atoms with Gasteiger partial charge in [0.15, 0.2) is 0 Å².